The number of hydrogen-bond donors (Lipinski definition) is 0. The van der Waals surface area contributed by atoms with Gasteiger partial charge < -0.3 is 0 Å². The molecule has 2 rings (SSSR count). The molecule has 0 amide bonds. The predicted octanol–water partition coefficient (Wildman–Crippen LogP) is 1.76. The number of nitrogens with zero attached hydrogens (tertiary/aromatic N) is 2. The Hall–Kier alpha value is -1.35. The fourth-order valence-corrected chi connectivity index (χ4v) is 1.38. The summed E-state index contributed by atoms with van der Waals surface area (Å²) in [5, 5.41) is 0. The third-order valence-corrected chi connectivity index (χ3v) is 2.09. The van der Waals surface area contributed by atoms with Crippen LogP contribution in [-0.4, -0.2) is 23.5 Å². The predicted molar refractivity (Wildman–Crippen MR) is 57.9 cm³/mol. The molecule has 0 fully saturated rings. The van der Waals surface area contributed by atoms with Crippen molar-refractivity contribution in [1.29, 1.82) is 0 Å². The maximum absolute atomic E-state index is 5.14. The summed E-state index contributed by atoms with van der Waals surface area (Å²) in [6.45, 7) is 0.531. The van der Waals surface area contributed by atoms with Crippen molar-refractivity contribution in [2.24, 2.45) is 9.98 Å². The Morgan fingerprint density at radius 1 is 1.23 bits per heavy atom. The molecule has 13 heavy (non-hydrogen) atoms. The zero-order chi connectivity index (χ0) is 9.10. The molecule has 0 spiro atoms. The van der Waals surface area contributed by atoms with Gasteiger partial charge in [0.2, 0.25) is 0 Å². The van der Waals surface area contributed by atoms with Gasteiger partial charge in [-0.1, -0.05) is 42.5 Å². The van der Waals surface area contributed by atoms with Crippen molar-refractivity contribution in [3.8, 4) is 0 Å². The first-order valence-corrected chi connectivity index (χ1v) is 4.36. The molecule has 2 nitrogen and oxygen atoms in total. The summed E-state index contributed by atoms with van der Waals surface area (Å²) in [6, 6.07) is 9.86. The molecule has 0 saturated carbocycles. The third kappa shape index (κ3) is 1.70. The van der Waals surface area contributed by atoms with E-state index < -0.39 is 0 Å². The first-order chi connectivity index (χ1) is 6.38. The van der Waals surface area contributed by atoms with Gasteiger partial charge in [0, 0.05) is 5.56 Å². The van der Waals surface area contributed by atoms with E-state index in [0.717, 1.165) is 16.1 Å². The molecule has 0 N–H and O–H groups in total. The SMILES string of the molecule is S=C1CN=[C]N=C1c1ccccc1. The molecule has 0 unspecified atom stereocenters. The molecule has 1 aromatic rings. The lowest BCUT2D eigenvalue weighted by atomic mass is 10.1. The summed E-state index contributed by atoms with van der Waals surface area (Å²) in [4.78, 5) is 8.68. The van der Waals surface area contributed by atoms with Gasteiger partial charge in [-0.3, -0.25) is 4.99 Å². The number of thiocarbonyl (C=S) groups is 1. The number of benzene rings is 1. The minimum absolute atomic E-state index is 0.531. The maximum Gasteiger partial charge on any atom is 0.193 e. The average molecular weight is 187 g/mol. The van der Waals surface area contributed by atoms with E-state index in [0.29, 0.717) is 6.54 Å². The summed E-state index contributed by atoms with van der Waals surface area (Å²) >= 11 is 5.14. The summed E-state index contributed by atoms with van der Waals surface area (Å²) in [7, 11) is 0. The molecule has 0 saturated heterocycles. The molecule has 63 valence electrons. The molecule has 1 heterocycles. The Morgan fingerprint density at radius 2 is 2.00 bits per heavy atom. The van der Waals surface area contributed by atoms with Crippen LogP contribution in [0, 0.1) is 0 Å². The van der Waals surface area contributed by atoms with Crippen molar-refractivity contribution in [3.63, 3.8) is 0 Å². The van der Waals surface area contributed by atoms with Crippen LogP contribution in [0.25, 0.3) is 0 Å². The molecule has 3 heteroatoms. The van der Waals surface area contributed by atoms with Crippen LogP contribution in [0.3, 0.4) is 0 Å². The van der Waals surface area contributed by atoms with Crippen molar-refractivity contribution in [2.75, 3.05) is 6.54 Å². The average Bonchev–Trinajstić information content (AvgIpc) is 2.20. The zero-order valence-electron chi connectivity index (χ0n) is 6.90. The van der Waals surface area contributed by atoms with Crippen molar-refractivity contribution in [2.45, 2.75) is 0 Å². The fourth-order valence-electron chi connectivity index (χ4n) is 1.15. The lowest BCUT2D eigenvalue weighted by Gasteiger charge is -2.07. The van der Waals surface area contributed by atoms with Crippen LogP contribution in [-0.2, 0) is 0 Å². The standard InChI is InChI=1S/C10H7N2S/c13-9-6-11-7-12-10(9)8-4-2-1-3-5-8/h1-5H,6H2. The fraction of sp³-hybridized carbons (Fsp3) is 0.100. The van der Waals surface area contributed by atoms with Gasteiger partial charge in [-0.25, -0.2) is 4.99 Å². The van der Waals surface area contributed by atoms with E-state index in [2.05, 4.69) is 16.3 Å². The maximum atomic E-state index is 5.14. The van der Waals surface area contributed by atoms with E-state index in [4.69, 9.17) is 12.2 Å². The number of rotatable bonds is 1. The lowest BCUT2D eigenvalue weighted by Crippen LogP contribution is -2.19. The third-order valence-electron chi connectivity index (χ3n) is 1.77. The molecular formula is C10H7N2S. The highest BCUT2D eigenvalue weighted by Gasteiger charge is 2.10. The Kier molecular flexibility index (Phi) is 2.27. The summed E-state index contributed by atoms with van der Waals surface area (Å²) in [5.74, 6) is 0. The smallest absolute Gasteiger partial charge is 0.193 e. The molecule has 1 aliphatic rings. The van der Waals surface area contributed by atoms with Gasteiger partial charge in [-0.2, -0.15) is 0 Å². The largest absolute Gasteiger partial charge is 0.258 e. The van der Waals surface area contributed by atoms with Crippen LogP contribution >= 0.6 is 12.2 Å². The van der Waals surface area contributed by atoms with Crippen LogP contribution in [0.4, 0.5) is 0 Å². The van der Waals surface area contributed by atoms with Gasteiger partial charge >= 0.3 is 0 Å². The molecule has 1 aliphatic heterocycles. The Bertz CT molecular complexity index is 379. The van der Waals surface area contributed by atoms with Gasteiger partial charge in [0.25, 0.3) is 0 Å². The quantitative estimate of drug-likeness (QED) is 0.615. The summed E-state index contributed by atoms with van der Waals surface area (Å²) in [5.41, 5.74) is 1.86. The Labute approximate surface area is 82.0 Å². The second-order valence-corrected chi connectivity index (χ2v) is 3.16. The molecule has 0 aromatic heterocycles. The molecular weight excluding hydrogens is 180 g/mol. The molecule has 1 aromatic carbocycles. The minimum atomic E-state index is 0.531. The lowest BCUT2D eigenvalue weighted by molar-refractivity contribution is 1.31. The van der Waals surface area contributed by atoms with E-state index >= 15 is 0 Å². The molecule has 1 radical (unpaired) electrons. The van der Waals surface area contributed by atoms with Gasteiger partial charge in [-0.05, 0) is 0 Å². The molecule has 0 atom stereocenters. The van der Waals surface area contributed by atoms with Crippen molar-refractivity contribution in [1.82, 2.24) is 0 Å². The van der Waals surface area contributed by atoms with E-state index in [-0.39, 0.29) is 0 Å². The van der Waals surface area contributed by atoms with Crippen molar-refractivity contribution >= 4 is 29.1 Å². The molecule has 0 bridgehead atoms. The van der Waals surface area contributed by atoms with Gasteiger partial charge in [-0.15, -0.1) is 0 Å². The monoisotopic (exact) mass is 187 g/mol. The summed E-state index contributed by atoms with van der Waals surface area (Å²) < 4.78 is 0. The minimum Gasteiger partial charge on any atom is -0.258 e. The highest BCUT2D eigenvalue weighted by Crippen LogP contribution is 2.05. The van der Waals surface area contributed by atoms with Crippen molar-refractivity contribution < 1.29 is 0 Å². The van der Waals surface area contributed by atoms with Gasteiger partial charge in [0.15, 0.2) is 6.34 Å². The van der Waals surface area contributed by atoms with Crippen LogP contribution in [0.5, 0.6) is 0 Å². The van der Waals surface area contributed by atoms with Gasteiger partial charge in [0.05, 0.1) is 17.1 Å². The van der Waals surface area contributed by atoms with E-state index in [9.17, 15) is 0 Å². The summed E-state index contributed by atoms with van der Waals surface area (Å²) in [6.07, 6.45) is 2.59. The van der Waals surface area contributed by atoms with Crippen LogP contribution < -0.4 is 0 Å². The highest BCUT2D eigenvalue weighted by molar-refractivity contribution is 7.82. The van der Waals surface area contributed by atoms with Gasteiger partial charge in [0.1, 0.15) is 0 Å². The molecule has 0 aliphatic carbocycles. The van der Waals surface area contributed by atoms with Crippen molar-refractivity contribution in [3.05, 3.63) is 35.9 Å². The normalized spacial score (nSPS) is 15.7. The van der Waals surface area contributed by atoms with Crippen LogP contribution in [0.15, 0.2) is 40.3 Å². The van der Waals surface area contributed by atoms with E-state index in [1.165, 1.54) is 0 Å². The van der Waals surface area contributed by atoms with Crippen LogP contribution in [0.1, 0.15) is 5.56 Å². The first kappa shape index (κ1) is 8.26. The Balaban J connectivity index is 2.41. The van der Waals surface area contributed by atoms with E-state index in [1.807, 2.05) is 30.3 Å². The van der Waals surface area contributed by atoms with Crippen LogP contribution in [0.2, 0.25) is 0 Å². The topological polar surface area (TPSA) is 24.7 Å². The first-order valence-electron chi connectivity index (χ1n) is 3.96. The number of hydrogen-bond acceptors (Lipinski definition) is 3. The second kappa shape index (κ2) is 3.58. The second-order valence-electron chi connectivity index (χ2n) is 2.67. The highest BCUT2D eigenvalue weighted by atomic mass is 32.1. The zero-order valence-corrected chi connectivity index (χ0v) is 7.71. The Morgan fingerprint density at radius 3 is 2.69 bits per heavy atom. The van der Waals surface area contributed by atoms with E-state index in [1.54, 1.807) is 0 Å². The number of aliphatic imine (C=N–C) groups is 2.